The number of carbonyl (C=O) groups excluding carboxylic acids is 2. The van der Waals surface area contributed by atoms with E-state index in [0.717, 1.165) is 5.56 Å². The van der Waals surface area contributed by atoms with Crippen LogP contribution in [-0.4, -0.2) is 23.0 Å². The van der Waals surface area contributed by atoms with Crippen molar-refractivity contribution in [1.82, 2.24) is 4.98 Å². The number of hydrogen-bond acceptors (Lipinski definition) is 4. The Hall–Kier alpha value is -2.92. The first-order valence-corrected chi connectivity index (χ1v) is 8.45. The molecule has 0 saturated carbocycles. The Morgan fingerprint density at radius 2 is 1.88 bits per heavy atom. The van der Waals surface area contributed by atoms with Gasteiger partial charge in [-0.15, -0.1) is 0 Å². The number of pyridine rings is 1. The Bertz CT molecular complexity index is 988. The van der Waals surface area contributed by atoms with Crippen LogP contribution in [0.25, 0.3) is 10.9 Å². The molecule has 0 unspecified atom stereocenters. The second-order valence-corrected chi connectivity index (χ2v) is 6.30. The zero-order valence-corrected chi connectivity index (χ0v) is 15.1. The summed E-state index contributed by atoms with van der Waals surface area (Å²) in [5.74, 6) is -1.04. The van der Waals surface area contributed by atoms with Crippen molar-refractivity contribution in [3.05, 3.63) is 70.9 Å². The van der Waals surface area contributed by atoms with E-state index in [1.165, 1.54) is 13.0 Å². The van der Waals surface area contributed by atoms with Gasteiger partial charge in [0.15, 0.2) is 6.10 Å². The highest BCUT2D eigenvalue weighted by molar-refractivity contribution is 6.30. The topological polar surface area (TPSA) is 68.3 Å². The molecule has 1 aromatic heterocycles. The second kappa shape index (κ2) is 7.54. The summed E-state index contributed by atoms with van der Waals surface area (Å²) in [6.07, 6.45) is -0.964. The van der Waals surface area contributed by atoms with Gasteiger partial charge in [0.25, 0.3) is 5.91 Å². The molecular formula is C20H17ClN2O3. The number of carbonyl (C=O) groups is 2. The Balaban J connectivity index is 1.76. The number of fused-ring (bicyclic) bond motifs is 1. The molecule has 132 valence electrons. The Labute approximate surface area is 156 Å². The molecule has 1 N–H and O–H groups in total. The van der Waals surface area contributed by atoms with Gasteiger partial charge < -0.3 is 10.1 Å². The monoisotopic (exact) mass is 368 g/mol. The van der Waals surface area contributed by atoms with Crippen LogP contribution in [0.4, 0.5) is 5.69 Å². The van der Waals surface area contributed by atoms with Crippen LogP contribution in [0.1, 0.15) is 22.8 Å². The molecule has 0 radical (unpaired) electrons. The van der Waals surface area contributed by atoms with E-state index < -0.39 is 18.0 Å². The minimum atomic E-state index is -0.964. The molecule has 6 heteroatoms. The highest BCUT2D eigenvalue weighted by Crippen LogP contribution is 2.22. The van der Waals surface area contributed by atoms with Gasteiger partial charge in [-0.05, 0) is 43.7 Å². The van der Waals surface area contributed by atoms with E-state index >= 15 is 0 Å². The standard InChI is InChI=1S/C20H17ClN2O3/c1-12-6-5-7-14(10-12)22-19(24)13(2)26-20(25)16-11-18(21)23-17-9-4-3-8-15(16)17/h3-11,13H,1-2H3,(H,22,24)/t13-/m1/s1. The second-order valence-electron chi connectivity index (χ2n) is 5.92. The predicted molar refractivity (Wildman–Crippen MR) is 101 cm³/mol. The number of para-hydroxylation sites is 1. The molecule has 1 amide bonds. The average molecular weight is 369 g/mol. The maximum atomic E-state index is 12.5. The quantitative estimate of drug-likeness (QED) is 0.548. The number of anilines is 1. The normalized spacial score (nSPS) is 11.8. The lowest BCUT2D eigenvalue weighted by molar-refractivity contribution is -0.123. The number of ether oxygens (including phenoxy) is 1. The van der Waals surface area contributed by atoms with E-state index in [1.807, 2.05) is 25.1 Å². The van der Waals surface area contributed by atoms with Crippen LogP contribution < -0.4 is 5.32 Å². The number of aromatic nitrogens is 1. The first-order chi connectivity index (χ1) is 12.4. The minimum absolute atomic E-state index is 0.188. The number of benzene rings is 2. The van der Waals surface area contributed by atoms with Crippen molar-refractivity contribution >= 4 is 40.1 Å². The fraction of sp³-hybridized carbons (Fsp3) is 0.150. The van der Waals surface area contributed by atoms with Crippen LogP contribution >= 0.6 is 11.6 Å². The van der Waals surface area contributed by atoms with E-state index in [-0.39, 0.29) is 10.7 Å². The Morgan fingerprint density at radius 3 is 2.65 bits per heavy atom. The third kappa shape index (κ3) is 4.00. The molecule has 3 rings (SSSR count). The largest absolute Gasteiger partial charge is 0.449 e. The maximum absolute atomic E-state index is 12.5. The van der Waals surface area contributed by atoms with Crippen molar-refractivity contribution in [1.29, 1.82) is 0 Å². The fourth-order valence-electron chi connectivity index (χ4n) is 2.56. The number of nitrogens with one attached hydrogen (secondary N) is 1. The molecule has 2 aromatic carbocycles. The number of aryl methyl sites for hydroxylation is 1. The van der Waals surface area contributed by atoms with E-state index in [2.05, 4.69) is 10.3 Å². The van der Waals surface area contributed by atoms with Crippen LogP contribution in [0.5, 0.6) is 0 Å². The van der Waals surface area contributed by atoms with Crippen molar-refractivity contribution in [2.45, 2.75) is 20.0 Å². The van der Waals surface area contributed by atoms with E-state index in [9.17, 15) is 9.59 Å². The molecular weight excluding hydrogens is 352 g/mol. The SMILES string of the molecule is Cc1cccc(NC(=O)[C@@H](C)OC(=O)c2cc(Cl)nc3ccccc23)c1. The highest BCUT2D eigenvalue weighted by atomic mass is 35.5. The first-order valence-electron chi connectivity index (χ1n) is 8.08. The Kier molecular flexibility index (Phi) is 5.19. The summed E-state index contributed by atoms with van der Waals surface area (Å²) in [5, 5.41) is 3.54. The average Bonchev–Trinajstić information content (AvgIpc) is 2.60. The molecule has 1 atom stereocenters. The van der Waals surface area contributed by atoms with Crippen molar-refractivity contribution < 1.29 is 14.3 Å². The number of rotatable bonds is 4. The molecule has 0 spiro atoms. The molecule has 0 fully saturated rings. The van der Waals surface area contributed by atoms with Crippen LogP contribution in [0.3, 0.4) is 0 Å². The molecule has 0 aliphatic carbocycles. The molecule has 1 heterocycles. The van der Waals surface area contributed by atoms with Crippen molar-refractivity contribution in [3.63, 3.8) is 0 Å². The molecule has 0 saturated heterocycles. The Morgan fingerprint density at radius 1 is 1.12 bits per heavy atom. The van der Waals surface area contributed by atoms with Gasteiger partial charge in [-0.25, -0.2) is 9.78 Å². The summed E-state index contributed by atoms with van der Waals surface area (Å²) in [5.41, 5.74) is 2.53. The summed E-state index contributed by atoms with van der Waals surface area (Å²) in [6.45, 7) is 3.45. The van der Waals surface area contributed by atoms with Gasteiger partial charge in [-0.1, -0.05) is 41.9 Å². The molecule has 26 heavy (non-hydrogen) atoms. The highest BCUT2D eigenvalue weighted by Gasteiger charge is 2.21. The summed E-state index contributed by atoms with van der Waals surface area (Å²) >= 11 is 5.99. The number of amides is 1. The van der Waals surface area contributed by atoms with Gasteiger partial charge in [0.1, 0.15) is 5.15 Å². The smallest absolute Gasteiger partial charge is 0.339 e. The minimum Gasteiger partial charge on any atom is -0.449 e. The molecule has 0 aliphatic heterocycles. The lowest BCUT2D eigenvalue weighted by Gasteiger charge is -2.14. The third-order valence-electron chi connectivity index (χ3n) is 3.84. The zero-order valence-electron chi connectivity index (χ0n) is 14.3. The number of halogens is 1. The van der Waals surface area contributed by atoms with E-state index in [1.54, 1.807) is 30.3 Å². The van der Waals surface area contributed by atoms with Gasteiger partial charge >= 0.3 is 5.97 Å². The van der Waals surface area contributed by atoms with Gasteiger partial charge in [-0.2, -0.15) is 0 Å². The van der Waals surface area contributed by atoms with Crippen LogP contribution in [-0.2, 0) is 9.53 Å². The maximum Gasteiger partial charge on any atom is 0.339 e. The molecule has 0 aliphatic rings. The van der Waals surface area contributed by atoms with Crippen LogP contribution in [0.2, 0.25) is 5.15 Å². The van der Waals surface area contributed by atoms with Gasteiger partial charge in [-0.3, -0.25) is 4.79 Å². The third-order valence-corrected chi connectivity index (χ3v) is 4.04. The summed E-state index contributed by atoms with van der Waals surface area (Å²) in [7, 11) is 0. The zero-order chi connectivity index (χ0) is 18.7. The van der Waals surface area contributed by atoms with Crippen molar-refractivity contribution in [2.75, 3.05) is 5.32 Å². The predicted octanol–water partition coefficient (Wildman–Crippen LogP) is 4.38. The van der Waals surface area contributed by atoms with Crippen molar-refractivity contribution in [2.24, 2.45) is 0 Å². The van der Waals surface area contributed by atoms with Gasteiger partial charge in [0.05, 0.1) is 11.1 Å². The van der Waals surface area contributed by atoms with E-state index in [4.69, 9.17) is 16.3 Å². The van der Waals surface area contributed by atoms with Crippen molar-refractivity contribution in [3.8, 4) is 0 Å². The summed E-state index contributed by atoms with van der Waals surface area (Å²) in [6, 6.07) is 15.9. The number of esters is 1. The summed E-state index contributed by atoms with van der Waals surface area (Å²) < 4.78 is 5.33. The molecule has 0 bridgehead atoms. The fourth-order valence-corrected chi connectivity index (χ4v) is 2.76. The van der Waals surface area contributed by atoms with Crippen LogP contribution in [0, 0.1) is 6.92 Å². The van der Waals surface area contributed by atoms with Crippen LogP contribution in [0.15, 0.2) is 54.6 Å². The number of nitrogens with zero attached hydrogens (tertiary/aromatic N) is 1. The van der Waals surface area contributed by atoms with Gasteiger partial charge in [0.2, 0.25) is 0 Å². The molecule has 5 nitrogen and oxygen atoms in total. The summed E-state index contributed by atoms with van der Waals surface area (Å²) in [4.78, 5) is 29.0. The first kappa shape index (κ1) is 17.9. The number of hydrogen-bond donors (Lipinski definition) is 1. The van der Waals surface area contributed by atoms with Gasteiger partial charge in [0, 0.05) is 11.1 Å². The lowest BCUT2D eigenvalue weighted by Crippen LogP contribution is -2.30. The molecule has 3 aromatic rings. The lowest BCUT2D eigenvalue weighted by atomic mass is 10.1. The van der Waals surface area contributed by atoms with E-state index in [0.29, 0.717) is 16.6 Å².